The van der Waals surface area contributed by atoms with Gasteiger partial charge in [-0.2, -0.15) is 0 Å². The van der Waals surface area contributed by atoms with Crippen molar-refractivity contribution in [2.24, 2.45) is 0 Å². The van der Waals surface area contributed by atoms with E-state index in [-0.39, 0.29) is 6.04 Å². The molecule has 1 aliphatic heterocycles. The molecular weight excluding hydrogens is 262 g/mol. The zero-order valence-corrected chi connectivity index (χ0v) is 13.8. The molecule has 0 radical (unpaired) electrons. The van der Waals surface area contributed by atoms with Crippen LogP contribution in [0, 0.1) is 0 Å². The highest BCUT2D eigenvalue weighted by Crippen LogP contribution is 2.40. The van der Waals surface area contributed by atoms with Gasteiger partial charge in [-0.3, -0.25) is 4.90 Å². The molecule has 0 saturated heterocycles. The summed E-state index contributed by atoms with van der Waals surface area (Å²) in [5.41, 5.74) is 2.40. The van der Waals surface area contributed by atoms with Gasteiger partial charge in [-0.05, 0) is 37.4 Å². The first-order chi connectivity index (χ1) is 10.1. The maximum absolute atomic E-state index is 10.5. The third-order valence-electron chi connectivity index (χ3n) is 4.19. The van der Waals surface area contributed by atoms with Crippen molar-refractivity contribution < 1.29 is 9.84 Å². The maximum atomic E-state index is 10.5. The SMILES string of the molecule is CCCN(CCC)C1c2cccc(C(C)C)c2OCC1O. The van der Waals surface area contributed by atoms with Gasteiger partial charge in [0.25, 0.3) is 0 Å². The molecular formula is C18H29NO2. The van der Waals surface area contributed by atoms with E-state index in [1.807, 2.05) is 0 Å². The Bertz CT molecular complexity index is 453. The maximum Gasteiger partial charge on any atom is 0.127 e. The van der Waals surface area contributed by atoms with E-state index in [2.05, 4.69) is 50.8 Å². The van der Waals surface area contributed by atoms with Gasteiger partial charge < -0.3 is 9.84 Å². The summed E-state index contributed by atoms with van der Waals surface area (Å²) in [7, 11) is 0. The lowest BCUT2D eigenvalue weighted by molar-refractivity contribution is -0.000698. The first-order valence-corrected chi connectivity index (χ1v) is 8.27. The van der Waals surface area contributed by atoms with Gasteiger partial charge in [0, 0.05) is 5.56 Å². The van der Waals surface area contributed by atoms with Crippen molar-refractivity contribution in [3.63, 3.8) is 0 Å². The van der Waals surface area contributed by atoms with Crippen LogP contribution in [-0.2, 0) is 0 Å². The number of rotatable bonds is 6. The van der Waals surface area contributed by atoms with Crippen molar-refractivity contribution in [2.75, 3.05) is 19.7 Å². The summed E-state index contributed by atoms with van der Waals surface area (Å²) in [6, 6.07) is 6.42. The van der Waals surface area contributed by atoms with Crippen molar-refractivity contribution in [2.45, 2.75) is 58.6 Å². The summed E-state index contributed by atoms with van der Waals surface area (Å²) >= 11 is 0. The van der Waals surface area contributed by atoms with Crippen LogP contribution < -0.4 is 4.74 Å². The van der Waals surface area contributed by atoms with E-state index < -0.39 is 6.10 Å². The number of fused-ring (bicyclic) bond motifs is 1. The zero-order chi connectivity index (χ0) is 15.4. The number of hydrogen-bond donors (Lipinski definition) is 1. The highest BCUT2D eigenvalue weighted by atomic mass is 16.5. The molecule has 2 unspecified atom stereocenters. The number of benzene rings is 1. The highest BCUT2D eigenvalue weighted by Gasteiger charge is 2.34. The Morgan fingerprint density at radius 2 is 1.90 bits per heavy atom. The van der Waals surface area contributed by atoms with E-state index in [4.69, 9.17) is 4.74 Å². The summed E-state index contributed by atoms with van der Waals surface area (Å²) in [5.74, 6) is 1.43. The first-order valence-electron chi connectivity index (χ1n) is 8.27. The number of hydrogen-bond acceptors (Lipinski definition) is 3. The minimum absolute atomic E-state index is 0.0624. The molecule has 0 amide bonds. The minimum Gasteiger partial charge on any atom is -0.490 e. The van der Waals surface area contributed by atoms with Gasteiger partial charge in [0.15, 0.2) is 0 Å². The number of aliphatic hydroxyl groups excluding tert-OH is 1. The predicted molar refractivity (Wildman–Crippen MR) is 86.9 cm³/mol. The van der Waals surface area contributed by atoms with Crippen LogP contribution in [0.3, 0.4) is 0 Å². The molecule has 3 nitrogen and oxygen atoms in total. The number of para-hydroxylation sites is 1. The van der Waals surface area contributed by atoms with Crippen molar-refractivity contribution in [1.82, 2.24) is 4.90 Å². The Morgan fingerprint density at radius 3 is 2.48 bits per heavy atom. The number of ether oxygens (including phenoxy) is 1. The normalized spacial score (nSPS) is 21.5. The van der Waals surface area contributed by atoms with Crippen LogP contribution in [0.25, 0.3) is 0 Å². The average molecular weight is 291 g/mol. The van der Waals surface area contributed by atoms with Crippen LogP contribution >= 0.6 is 0 Å². The van der Waals surface area contributed by atoms with Crippen molar-refractivity contribution in [3.8, 4) is 5.75 Å². The quantitative estimate of drug-likeness (QED) is 0.867. The van der Waals surface area contributed by atoms with Crippen LogP contribution in [0.5, 0.6) is 5.75 Å². The molecule has 0 aromatic heterocycles. The van der Waals surface area contributed by atoms with E-state index in [0.29, 0.717) is 12.5 Å². The monoisotopic (exact) mass is 291 g/mol. The van der Waals surface area contributed by atoms with Gasteiger partial charge >= 0.3 is 0 Å². The number of nitrogens with zero attached hydrogens (tertiary/aromatic N) is 1. The van der Waals surface area contributed by atoms with Gasteiger partial charge in [0.1, 0.15) is 18.5 Å². The lowest BCUT2D eigenvalue weighted by Crippen LogP contribution is -2.43. The second-order valence-corrected chi connectivity index (χ2v) is 6.28. The molecule has 0 bridgehead atoms. The zero-order valence-electron chi connectivity index (χ0n) is 13.8. The van der Waals surface area contributed by atoms with Crippen molar-refractivity contribution in [1.29, 1.82) is 0 Å². The van der Waals surface area contributed by atoms with Crippen LogP contribution in [0.2, 0.25) is 0 Å². The molecule has 2 rings (SSSR count). The van der Waals surface area contributed by atoms with E-state index in [0.717, 1.165) is 37.2 Å². The standard InChI is InChI=1S/C18H29NO2/c1-5-10-19(11-6-2)17-15-9-7-8-14(13(3)4)18(15)21-12-16(17)20/h7-9,13,16-17,20H,5-6,10-12H2,1-4H3. The average Bonchev–Trinajstić information content (AvgIpc) is 2.46. The summed E-state index contributed by atoms with van der Waals surface area (Å²) in [4.78, 5) is 2.41. The second kappa shape index (κ2) is 7.28. The van der Waals surface area contributed by atoms with Crippen LogP contribution in [-0.4, -0.2) is 35.8 Å². The molecule has 1 N–H and O–H groups in total. The highest BCUT2D eigenvalue weighted by molar-refractivity contribution is 5.46. The molecule has 1 aliphatic rings. The third kappa shape index (κ3) is 3.41. The van der Waals surface area contributed by atoms with Crippen LogP contribution in [0.1, 0.15) is 63.6 Å². The predicted octanol–water partition coefficient (Wildman–Crippen LogP) is 3.73. The molecule has 0 spiro atoms. The molecule has 118 valence electrons. The van der Waals surface area contributed by atoms with E-state index in [1.54, 1.807) is 0 Å². The van der Waals surface area contributed by atoms with Crippen LogP contribution in [0.15, 0.2) is 18.2 Å². The van der Waals surface area contributed by atoms with Gasteiger partial charge in [0.05, 0.1) is 6.04 Å². The molecule has 0 aliphatic carbocycles. The Morgan fingerprint density at radius 1 is 1.24 bits per heavy atom. The fourth-order valence-electron chi connectivity index (χ4n) is 3.30. The lowest BCUT2D eigenvalue weighted by Gasteiger charge is -2.39. The fraction of sp³-hybridized carbons (Fsp3) is 0.667. The third-order valence-corrected chi connectivity index (χ3v) is 4.19. The van der Waals surface area contributed by atoms with E-state index in [1.165, 1.54) is 5.56 Å². The number of aliphatic hydroxyl groups is 1. The Labute approximate surface area is 128 Å². The molecule has 3 heteroatoms. The topological polar surface area (TPSA) is 32.7 Å². The molecule has 21 heavy (non-hydrogen) atoms. The molecule has 1 aromatic carbocycles. The second-order valence-electron chi connectivity index (χ2n) is 6.28. The smallest absolute Gasteiger partial charge is 0.127 e. The van der Waals surface area contributed by atoms with Gasteiger partial charge in [-0.25, -0.2) is 0 Å². The lowest BCUT2D eigenvalue weighted by atomic mass is 9.90. The largest absolute Gasteiger partial charge is 0.490 e. The first kappa shape index (κ1) is 16.3. The van der Waals surface area contributed by atoms with Gasteiger partial charge in [0.2, 0.25) is 0 Å². The van der Waals surface area contributed by atoms with Gasteiger partial charge in [-0.1, -0.05) is 45.9 Å². The van der Waals surface area contributed by atoms with E-state index >= 15 is 0 Å². The molecule has 1 aromatic rings. The summed E-state index contributed by atoms with van der Waals surface area (Å²) < 4.78 is 5.89. The Hall–Kier alpha value is -1.06. The Kier molecular flexibility index (Phi) is 5.65. The van der Waals surface area contributed by atoms with Crippen LogP contribution in [0.4, 0.5) is 0 Å². The summed E-state index contributed by atoms with van der Waals surface area (Å²) in [5, 5.41) is 10.5. The summed E-state index contributed by atoms with van der Waals surface area (Å²) in [6.45, 7) is 11.2. The van der Waals surface area contributed by atoms with Crippen molar-refractivity contribution >= 4 is 0 Å². The molecule has 0 saturated carbocycles. The fourth-order valence-corrected chi connectivity index (χ4v) is 3.30. The molecule has 1 heterocycles. The molecule has 0 fully saturated rings. The molecule has 2 atom stereocenters. The van der Waals surface area contributed by atoms with Crippen molar-refractivity contribution in [3.05, 3.63) is 29.3 Å². The van der Waals surface area contributed by atoms with E-state index in [9.17, 15) is 5.11 Å². The Balaban J connectivity index is 2.41. The summed E-state index contributed by atoms with van der Waals surface area (Å²) in [6.07, 6.45) is 1.75. The minimum atomic E-state index is -0.446. The van der Waals surface area contributed by atoms with Gasteiger partial charge in [-0.15, -0.1) is 0 Å².